The number of hydrogen-bond acceptors (Lipinski definition) is 8. The van der Waals surface area contributed by atoms with Gasteiger partial charge < -0.3 is 4.42 Å². The number of Topliss-reactive ketones (excluding diaryl/α,β-unsaturated/α-hetero) is 1. The number of furan rings is 1. The van der Waals surface area contributed by atoms with Gasteiger partial charge in [-0.3, -0.25) is 4.79 Å². The standard InChI is InChI=1S/C10H7N5O2S/c1-6-12-10(18-15-6)14-13-7(5-11)9(16)8-3-2-4-17-8/h2-4,7H,1H3. The summed E-state index contributed by atoms with van der Waals surface area (Å²) in [6, 6.07) is 3.55. The molecule has 0 aliphatic heterocycles. The molecule has 8 heteroatoms. The fourth-order valence-corrected chi connectivity index (χ4v) is 1.64. The Kier molecular flexibility index (Phi) is 3.54. The van der Waals surface area contributed by atoms with Gasteiger partial charge in [0.05, 0.1) is 6.26 Å². The predicted octanol–water partition coefficient (Wildman–Crippen LogP) is 2.30. The maximum atomic E-state index is 11.8. The lowest BCUT2D eigenvalue weighted by atomic mass is 10.2. The number of aryl methyl sites for hydroxylation is 1. The highest BCUT2D eigenvalue weighted by molar-refractivity contribution is 7.09. The molecule has 0 saturated carbocycles. The summed E-state index contributed by atoms with van der Waals surface area (Å²) in [5, 5.41) is 16.5. The van der Waals surface area contributed by atoms with Gasteiger partial charge in [-0.15, -0.1) is 5.11 Å². The van der Waals surface area contributed by atoms with Gasteiger partial charge in [0.25, 0.3) is 0 Å². The van der Waals surface area contributed by atoms with Gasteiger partial charge >= 0.3 is 0 Å². The SMILES string of the molecule is Cc1nsc(N=NC(C#N)C(=O)c2ccco2)n1. The van der Waals surface area contributed by atoms with Crippen LogP contribution in [0.15, 0.2) is 33.0 Å². The van der Waals surface area contributed by atoms with Crippen molar-refractivity contribution in [1.29, 1.82) is 5.26 Å². The largest absolute Gasteiger partial charge is 0.461 e. The summed E-state index contributed by atoms with van der Waals surface area (Å²) in [4.78, 5) is 15.7. The molecule has 7 nitrogen and oxygen atoms in total. The molecule has 18 heavy (non-hydrogen) atoms. The molecule has 0 spiro atoms. The molecule has 0 aliphatic carbocycles. The fraction of sp³-hybridized carbons (Fsp3) is 0.200. The predicted molar refractivity (Wildman–Crippen MR) is 61.6 cm³/mol. The quantitative estimate of drug-likeness (QED) is 0.620. The van der Waals surface area contributed by atoms with Crippen LogP contribution in [-0.2, 0) is 0 Å². The first kappa shape index (κ1) is 12.1. The monoisotopic (exact) mass is 261 g/mol. The lowest BCUT2D eigenvalue weighted by molar-refractivity contribution is 0.0952. The second kappa shape index (κ2) is 5.29. The minimum atomic E-state index is -1.24. The Labute approximate surface area is 106 Å². The molecule has 0 radical (unpaired) electrons. The topological polar surface area (TPSA) is 104 Å². The third kappa shape index (κ3) is 2.64. The molecule has 2 heterocycles. The van der Waals surface area contributed by atoms with Crippen molar-refractivity contribution in [2.45, 2.75) is 13.0 Å². The zero-order chi connectivity index (χ0) is 13.0. The van der Waals surface area contributed by atoms with Crippen LogP contribution < -0.4 is 0 Å². The average Bonchev–Trinajstić information content (AvgIpc) is 3.01. The molecule has 0 N–H and O–H groups in total. The fourth-order valence-electron chi connectivity index (χ4n) is 1.12. The number of nitrogens with zero attached hydrogens (tertiary/aromatic N) is 5. The highest BCUT2D eigenvalue weighted by atomic mass is 32.1. The van der Waals surface area contributed by atoms with E-state index in [2.05, 4.69) is 19.6 Å². The maximum Gasteiger partial charge on any atom is 0.249 e. The molecule has 1 atom stereocenters. The zero-order valence-electron chi connectivity index (χ0n) is 9.27. The third-order valence-electron chi connectivity index (χ3n) is 1.91. The summed E-state index contributed by atoms with van der Waals surface area (Å²) in [6.07, 6.45) is 1.35. The average molecular weight is 261 g/mol. The van der Waals surface area contributed by atoms with Gasteiger partial charge in [-0.05, 0) is 19.1 Å². The number of azo groups is 1. The van der Waals surface area contributed by atoms with Crippen LogP contribution in [-0.4, -0.2) is 21.2 Å². The van der Waals surface area contributed by atoms with E-state index in [1.165, 1.54) is 12.3 Å². The van der Waals surface area contributed by atoms with E-state index < -0.39 is 11.8 Å². The number of hydrogen-bond donors (Lipinski definition) is 0. The Morgan fingerprint density at radius 1 is 1.67 bits per heavy atom. The molecule has 2 aromatic rings. The molecule has 0 amide bonds. The van der Waals surface area contributed by atoms with Crippen LogP contribution in [0, 0.1) is 18.3 Å². The van der Waals surface area contributed by atoms with Gasteiger partial charge in [0.15, 0.2) is 5.76 Å². The number of nitriles is 1. The lowest BCUT2D eigenvalue weighted by Crippen LogP contribution is -2.15. The van der Waals surface area contributed by atoms with Crippen molar-refractivity contribution in [2.24, 2.45) is 10.2 Å². The molecule has 90 valence electrons. The van der Waals surface area contributed by atoms with E-state index in [1.807, 2.05) is 0 Å². The van der Waals surface area contributed by atoms with E-state index in [4.69, 9.17) is 9.68 Å². The zero-order valence-corrected chi connectivity index (χ0v) is 10.1. The Morgan fingerprint density at radius 2 is 2.50 bits per heavy atom. The molecule has 1 unspecified atom stereocenters. The number of rotatable bonds is 4. The summed E-state index contributed by atoms with van der Waals surface area (Å²) < 4.78 is 8.81. The van der Waals surface area contributed by atoms with E-state index in [-0.39, 0.29) is 5.76 Å². The molecular weight excluding hydrogens is 254 g/mol. The van der Waals surface area contributed by atoms with E-state index >= 15 is 0 Å². The summed E-state index contributed by atoms with van der Waals surface area (Å²) in [6.45, 7) is 1.71. The van der Waals surface area contributed by atoms with Crippen LogP contribution in [0.2, 0.25) is 0 Å². The van der Waals surface area contributed by atoms with Gasteiger partial charge in [0, 0.05) is 11.5 Å². The second-order valence-electron chi connectivity index (χ2n) is 3.21. The van der Waals surface area contributed by atoms with Crippen molar-refractivity contribution < 1.29 is 9.21 Å². The summed E-state index contributed by atoms with van der Waals surface area (Å²) in [7, 11) is 0. The van der Waals surface area contributed by atoms with E-state index in [0.29, 0.717) is 11.0 Å². The highest BCUT2D eigenvalue weighted by Gasteiger charge is 2.21. The van der Waals surface area contributed by atoms with Crippen molar-refractivity contribution in [3.05, 3.63) is 30.0 Å². The van der Waals surface area contributed by atoms with Crippen molar-refractivity contribution >= 4 is 22.4 Å². The summed E-state index contributed by atoms with van der Waals surface area (Å²) in [5.41, 5.74) is 0. The lowest BCUT2D eigenvalue weighted by Gasteiger charge is -1.96. The highest BCUT2D eigenvalue weighted by Crippen LogP contribution is 2.16. The van der Waals surface area contributed by atoms with Gasteiger partial charge in [0.1, 0.15) is 11.9 Å². The first-order valence-electron chi connectivity index (χ1n) is 4.89. The summed E-state index contributed by atoms with van der Waals surface area (Å²) >= 11 is 1.05. The van der Waals surface area contributed by atoms with Crippen LogP contribution in [0.3, 0.4) is 0 Å². The van der Waals surface area contributed by atoms with Gasteiger partial charge in [-0.2, -0.15) is 14.7 Å². The van der Waals surface area contributed by atoms with Crippen molar-refractivity contribution in [3.8, 4) is 6.07 Å². The van der Waals surface area contributed by atoms with Crippen molar-refractivity contribution in [2.75, 3.05) is 0 Å². The van der Waals surface area contributed by atoms with Crippen LogP contribution in [0.1, 0.15) is 16.4 Å². The van der Waals surface area contributed by atoms with E-state index in [9.17, 15) is 4.79 Å². The molecular formula is C10H7N5O2S. The number of ketones is 1. The third-order valence-corrected chi connectivity index (χ3v) is 2.60. The Morgan fingerprint density at radius 3 is 3.06 bits per heavy atom. The molecule has 0 bridgehead atoms. The van der Waals surface area contributed by atoms with Crippen molar-refractivity contribution in [3.63, 3.8) is 0 Å². The second-order valence-corrected chi connectivity index (χ2v) is 3.94. The molecule has 0 saturated heterocycles. The van der Waals surface area contributed by atoms with Gasteiger partial charge in [0.2, 0.25) is 17.0 Å². The Balaban J connectivity index is 2.13. The minimum absolute atomic E-state index is 0.0777. The molecule has 2 rings (SSSR count). The summed E-state index contributed by atoms with van der Waals surface area (Å²) in [5.74, 6) is 0.112. The van der Waals surface area contributed by atoms with Crippen LogP contribution in [0.25, 0.3) is 0 Å². The van der Waals surface area contributed by atoms with E-state index in [1.54, 1.807) is 19.1 Å². The maximum absolute atomic E-state index is 11.8. The number of aromatic nitrogens is 2. The van der Waals surface area contributed by atoms with Gasteiger partial charge in [-0.25, -0.2) is 4.98 Å². The molecule has 0 aliphatic rings. The van der Waals surface area contributed by atoms with Crippen LogP contribution >= 0.6 is 11.5 Å². The molecule has 2 aromatic heterocycles. The molecule has 0 aromatic carbocycles. The first-order valence-corrected chi connectivity index (χ1v) is 5.66. The normalized spacial score (nSPS) is 12.4. The number of carbonyl (C=O) groups is 1. The smallest absolute Gasteiger partial charge is 0.249 e. The Bertz CT molecular complexity index is 611. The first-order chi connectivity index (χ1) is 8.70. The Hall–Kier alpha value is -2.40. The van der Waals surface area contributed by atoms with Crippen molar-refractivity contribution in [1.82, 2.24) is 9.36 Å². The minimum Gasteiger partial charge on any atom is -0.461 e. The van der Waals surface area contributed by atoms with Gasteiger partial charge in [-0.1, -0.05) is 0 Å². The van der Waals surface area contributed by atoms with Crippen LogP contribution in [0.4, 0.5) is 5.13 Å². The number of carbonyl (C=O) groups excluding carboxylic acids is 1. The molecule has 0 fully saturated rings. The van der Waals surface area contributed by atoms with Crippen LogP contribution in [0.5, 0.6) is 0 Å². The van der Waals surface area contributed by atoms with E-state index in [0.717, 1.165) is 11.5 Å².